The Labute approximate surface area is 70.8 Å². The summed E-state index contributed by atoms with van der Waals surface area (Å²) in [5.41, 5.74) is 5.76. The number of nitrogens with zero attached hydrogens (tertiary/aromatic N) is 1. The monoisotopic (exact) mass is 158 g/mol. The highest BCUT2D eigenvalue weighted by molar-refractivity contribution is 4.70. The van der Waals surface area contributed by atoms with Crippen molar-refractivity contribution in [1.29, 1.82) is 0 Å². The van der Waals surface area contributed by atoms with E-state index >= 15 is 0 Å². The second-order valence-corrected chi connectivity index (χ2v) is 3.53. The van der Waals surface area contributed by atoms with Gasteiger partial charge in [0, 0.05) is 6.04 Å². The van der Waals surface area contributed by atoms with Gasteiger partial charge in [-0.1, -0.05) is 20.3 Å². The highest BCUT2D eigenvalue weighted by atomic mass is 15.2. The molecule has 0 fully saturated rings. The third-order valence-corrected chi connectivity index (χ3v) is 2.75. The van der Waals surface area contributed by atoms with Crippen LogP contribution in [0.25, 0.3) is 0 Å². The summed E-state index contributed by atoms with van der Waals surface area (Å²) < 4.78 is 0. The van der Waals surface area contributed by atoms with E-state index < -0.39 is 0 Å². The summed E-state index contributed by atoms with van der Waals surface area (Å²) in [5.74, 6) is 0.728. The largest absolute Gasteiger partial charge is 0.316 e. The predicted octanol–water partition coefficient (Wildman–Crippen LogP) is 1.66. The van der Waals surface area contributed by atoms with Crippen molar-refractivity contribution in [2.24, 2.45) is 11.7 Å². The minimum Gasteiger partial charge on any atom is -0.316 e. The lowest BCUT2D eigenvalue weighted by molar-refractivity contribution is 0.152. The summed E-state index contributed by atoms with van der Waals surface area (Å²) in [7, 11) is 2.08. The van der Waals surface area contributed by atoms with Crippen molar-refractivity contribution in [3.05, 3.63) is 0 Å². The van der Waals surface area contributed by atoms with Crippen LogP contribution in [0, 0.1) is 5.92 Å². The third kappa shape index (κ3) is 3.21. The third-order valence-electron chi connectivity index (χ3n) is 2.75. The number of hydrogen-bond donors (Lipinski definition) is 1. The molecule has 0 heterocycles. The van der Waals surface area contributed by atoms with Crippen molar-refractivity contribution in [2.75, 3.05) is 7.05 Å². The van der Waals surface area contributed by atoms with Crippen molar-refractivity contribution in [3.8, 4) is 0 Å². The van der Waals surface area contributed by atoms with E-state index in [1.54, 1.807) is 0 Å². The molecular formula is C9H22N2. The lowest BCUT2D eigenvalue weighted by atomic mass is 9.99. The zero-order valence-corrected chi connectivity index (χ0v) is 8.46. The fourth-order valence-corrected chi connectivity index (χ4v) is 1.11. The lowest BCUT2D eigenvalue weighted by Gasteiger charge is -2.32. The van der Waals surface area contributed by atoms with Crippen molar-refractivity contribution in [3.63, 3.8) is 0 Å². The van der Waals surface area contributed by atoms with Gasteiger partial charge >= 0.3 is 0 Å². The zero-order chi connectivity index (χ0) is 9.02. The summed E-state index contributed by atoms with van der Waals surface area (Å²) in [5, 5.41) is 0. The maximum Gasteiger partial charge on any atom is 0.0542 e. The van der Waals surface area contributed by atoms with Gasteiger partial charge in [-0.05, 0) is 26.8 Å². The van der Waals surface area contributed by atoms with Crippen molar-refractivity contribution in [2.45, 2.75) is 46.3 Å². The first-order valence-corrected chi connectivity index (χ1v) is 4.48. The average Bonchev–Trinajstić information content (AvgIpc) is 2.00. The molecule has 0 aromatic carbocycles. The zero-order valence-electron chi connectivity index (χ0n) is 8.46. The van der Waals surface area contributed by atoms with Crippen LogP contribution in [0.2, 0.25) is 0 Å². The minimum absolute atomic E-state index is 0.166. The van der Waals surface area contributed by atoms with Crippen LogP contribution in [0.15, 0.2) is 0 Å². The van der Waals surface area contributed by atoms with E-state index in [1.165, 1.54) is 6.42 Å². The van der Waals surface area contributed by atoms with Gasteiger partial charge in [0.05, 0.1) is 6.17 Å². The van der Waals surface area contributed by atoms with E-state index in [-0.39, 0.29) is 6.17 Å². The van der Waals surface area contributed by atoms with E-state index in [9.17, 15) is 0 Å². The van der Waals surface area contributed by atoms with E-state index in [0.717, 1.165) is 5.92 Å². The Morgan fingerprint density at radius 2 is 1.73 bits per heavy atom. The van der Waals surface area contributed by atoms with Crippen LogP contribution in [0.3, 0.4) is 0 Å². The molecule has 0 radical (unpaired) electrons. The molecule has 0 rings (SSSR count). The van der Waals surface area contributed by atoms with E-state index in [1.807, 2.05) is 6.92 Å². The Morgan fingerprint density at radius 3 is 2.00 bits per heavy atom. The second kappa shape index (κ2) is 4.73. The highest BCUT2D eigenvalue weighted by Gasteiger charge is 2.17. The van der Waals surface area contributed by atoms with Crippen LogP contribution in [0.5, 0.6) is 0 Å². The van der Waals surface area contributed by atoms with Crippen LogP contribution in [0.4, 0.5) is 0 Å². The molecule has 3 atom stereocenters. The fraction of sp³-hybridized carbons (Fsp3) is 1.00. The van der Waals surface area contributed by atoms with Gasteiger partial charge in [0.2, 0.25) is 0 Å². The van der Waals surface area contributed by atoms with Crippen LogP contribution in [0.1, 0.15) is 34.1 Å². The first-order valence-electron chi connectivity index (χ1n) is 4.48. The van der Waals surface area contributed by atoms with Crippen LogP contribution < -0.4 is 5.73 Å². The van der Waals surface area contributed by atoms with E-state index in [2.05, 4.69) is 32.7 Å². The van der Waals surface area contributed by atoms with Gasteiger partial charge in [0.15, 0.2) is 0 Å². The van der Waals surface area contributed by atoms with Crippen molar-refractivity contribution in [1.82, 2.24) is 4.90 Å². The molecule has 0 saturated heterocycles. The standard InChI is InChI=1S/C9H22N2/c1-6-7(2)8(3)11(5)9(4)10/h7-9H,6,10H2,1-5H3. The summed E-state index contributed by atoms with van der Waals surface area (Å²) in [6.45, 7) is 8.75. The minimum atomic E-state index is 0.166. The molecule has 0 spiro atoms. The van der Waals surface area contributed by atoms with Crippen LogP contribution in [-0.2, 0) is 0 Å². The Bertz CT molecular complexity index is 102. The Hall–Kier alpha value is -0.0800. The Morgan fingerprint density at radius 1 is 1.27 bits per heavy atom. The smallest absolute Gasteiger partial charge is 0.0542 e. The molecule has 0 saturated carbocycles. The Balaban J connectivity index is 3.90. The molecule has 0 aliphatic heterocycles. The van der Waals surface area contributed by atoms with Gasteiger partial charge in [-0.2, -0.15) is 0 Å². The molecule has 3 unspecified atom stereocenters. The molecular weight excluding hydrogens is 136 g/mol. The number of nitrogens with two attached hydrogens (primary N) is 1. The second-order valence-electron chi connectivity index (χ2n) is 3.53. The molecule has 0 aromatic heterocycles. The first-order chi connectivity index (χ1) is 5.00. The van der Waals surface area contributed by atoms with E-state index in [0.29, 0.717) is 6.04 Å². The maximum atomic E-state index is 5.76. The first kappa shape index (κ1) is 10.9. The molecule has 0 aliphatic rings. The Kier molecular flexibility index (Phi) is 4.69. The average molecular weight is 158 g/mol. The molecule has 2 nitrogen and oxygen atoms in total. The summed E-state index contributed by atoms with van der Waals surface area (Å²) in [6.07, 6.45) is 1.39. The molecule has 68 valence electrons. The van der Waals surface area contributed by atoms with Gasteiger partial charge < -0.3 is 5.73 Å². The molecule has 0 bridgehead atoms. The number of hydrogen-bond acceptors (Lipinski definition) is 2. The summed E-state index contributed by atoms with van der Waals surface area (Å²) >= 11 is 0. The number of rotatable bonds is 4. The van der Waals surface area contributed by atoms with Crippen LogP contribution in [-0.4, -0.2) is 24.2 Å². The molecule has 2 N–H and O–H groups in total. The van der Waals surface area contributed by atoms with Crippen molar-refractivity contribution < 1.29 is 0 Å². The highest BCUT2D eigenvalue weighted by Crippen LogP contribution is 2.13. The normalized spacial score (nSPS) is 19.9. The summed E-state index contributed by atoms with van der Waals surface area (Å²) in [4.78, 5) is 2.22. The van der Waals surface area contributed by atoms with Gasteiger partial charge in [-0.25, -0.2) is 0 Å². The van der Waals surface area contributed by atoms with Gasteiger partial charge in [-0.3, -0.25) is 4.90 Å². The van der Waals surface area contributed by atoms with Crippen LogP contribution >= 0.6 is 0 Å². The summed E-state index contributed by atoms with van der Waals surface area (Å²) in [6, 6.07) is 0.583. The SMILES string of the molecule is CCC(C)C(C)N(C)C(C)N. The molecule has 0 amide bonds. The molecule has 0 aliphatic carbocycles. The van der Waals surface area contributed by atoms with Crippen molar-refractivity contribution >= 4 is 0 Å². The van der Waals surface area contributed by atoms with Gasteiger partial charge in [0.1, 0.15) is 0 Å². The lowest BCUT2D eigenvalue weighted by Crippen LogP contribution is -2.44. The molecule has 0 aromatic rings. The predicted molar refractivity (Wildman–Crippen MR) is 50.3 cm³/mol. The topological polar surface area (TPSA) is 29.3 Å². The quantitative estimate of drug-likeness (QED) is 0.630. The van der Waals surface area contributed by atoms with E-state index in [4.69, 9.17) is 5.73 Å². The van der Waals surface area contributed by atoms with Gasteiger partial charge in [0.25, 0.3) is 0 Å². The molecule has 11 heavy (non-hydrogen) atoms. The fourth-order valence-electron chi connectivity index (χ4n) is 1.11. The molecule has 2 heteroatoms. The maximum absolute atomic E-state index is 5.76. The van der Waals surface area contributed by atoms with Gasteiger partial charge in [-0.15, -0.1) is 0 Å².